The van der Waals surface area contributed by atoms with Gasteiger partial charge >= 0.3 is 0 Å². The highest BCUT2D eigenvalue weighted by Gasteiger charge is 2.20. The Balaban J connectivity index is 2.12. The zero-order valence-electron chi connectivity index (χ0n) is 11.6. The maximum atomic E-state index is 3.62. The summed E-state index contributed by atoms with van der Waals surface area (Å²) in [4.78, 5) is 2.64. The van der Waals surface area contributed by atoms with Crippen molar-refractivity contribution in [3.8, 4) is 0 Å². The Bertz CT molecular complexity index is 178. The lowest BCUT2D eigenvalue weighted by molar-refractivity contribution is 0.172. The third-order valence-corrected chi connectivity index (χ3v) is 3.60. The molecule has 0 amide bonds. The van der Waals surface area contributed by atoms with Crippen LogP contribution in [0.3, 0.4) is 0 Å². The zero-order valence-corrected chi connectivity index (χ0v) is 11.6. The minimum absolute atomic E-state index is 0.707. The summed E-state index contributed by atoms with van der Waals surface area (Å²) in [6.07, 6.45) is 4.16. The first-order valence-corrected chi connectivity index (χ1v) is 7.05. The number of unbranched alkanes of at least 4 members (excludes halogenated alkanes) is 1. The number of hydrogen-bond acceptors (Lipinski definition) is 2. The molecule has 0 aliphatic carbocycles. The van der Waals surface area contributed by atoms with Gasteiger partial charge < -0.3 is 10.2 Å². The van der Waals surface area contributed by atoms with Crippen molar-refractivity contribution >= 4 is 0 Å². The number of piperazine rings is 1. The third kappa shape index (κ3) is 5.31. The Labute approximate surface area is 102 Å². The average molecular weight is 226 g/mol. The molecule has 0 spiro atoms. The van der Waals surface area contributed by atoms with E-state index in [-0.39, 0.29) is 0 Å². The van der Waals surface area contributed by atoms with E-state index in [2.05, 4.69) is 37.9 Å². The van der Waals surface area contributed by atoms with Crippen LogP contribution in [0.5, 0.6) is 0 Å². The summed E-state index contributed by atoms with van der Waals surface area (Å²) >= 11 is 0. The minimum atomic E-state index is 0.707. The van der Waals surface area contributed by atoms with Gasteiger partial charge in [0.15, 0.2) is 0 Å². The first-order chi connectivity index (χ1) is 7.59. The molecule has 1 N–H and O–H groups in total. The second-order valence-corrected chi connectivity index (χ2v) is 5.99. The van der Waals surface area contributed by atoms with Crippen molar-refractivity contribution in [2.45, 2.75) is 53.0 Å². The van der Waals surface area contributed by atoms with E-state index >= 15 is 0 Å². The topological polar surface area (TPSA) is 15.3 Å². The second-order valence-electron chi connectivity index (χ2n) is 5.99. The molecule has 1 rings (SSSR count). The summed E-state index contributed by atoms with van der Waals surface area (Å²) in [6.45, 7) is 14.2. The molecule has 1 saturated heterocycles. The van der Waals surface area contributed by atoms with Crippen molar-refractivity contribution in [3.05, 3.63) is 0 Å². The quantitative estimate of drug-likeness (QED) is 0.701. The Morgan fingerprint density at radius 1 is 1.19 bits per heavy atom. The lowest BCUT2D eigenvalue weighted by Crippen LogP contribution is -2.52. The molecule has 0 aromatic carbocycles. The highest BCUT2D eigenvalue weighted by molar-refractivity contribution is 4.80. The summed E-state index contributed by atoms with van der Waals surface area (Å²) in [7, 11) is 0. The number of rotatable bonds is 6. The van der Waals surface area contributed by atoms with Crippen LogP contribution in [0.15, 0.2) is 0 Å². The first-order valence-electron chi connectivity index (χ1n) is 7.05. The van der Waals surface area contributed by atoms with Gasteiger partial charge in [0.2, 0.25) is 0 Å². The van der Waals surface area contributed by atoms with Crippen LogP contribution in [0, 0.1) is 11.8 Å². The molecule has 0 aromatic heterocycles. The molecule has 16 heavy (non-hydrogen) atoms. The van der Waals surface area contributed by atoms with E-state index in [0.717, 1.165) is 11.8 Å². The van der Waals surface area contributed by atoms with Gasteiger partial charge in [-0.15, -0.1) is 0 Å². The molecule has 1 fully saturated rings. The van der Waals surface area contributed by atoms with Crippen LogP contribution in [-0.2, 0) is 0 Å². The van der Waals surface area contributed by atoms with Crippen LogP contribution in [0.25, 0.3) is 0 Å². The van der Waals surface area contributed by atoms with E-state index in [9.17, 15) is 0 Å². The maximum Gasteiger partial charge on any atom is 0.0218 e. The molecule has 2 nitrogen and oxygen atoms in total. The van der Waals surface area contributed by atoms with Crippen molar-refractivity contribution in [2.24, 2.45) is 11.8 Å². The van der Waals surface area contributed by atoms with Crippen LogP contribution in [-0.4, -0.2) is 37.1 Å². The van der Waals surface area contributed by atoms with Gasteiger partial charge in [-0.05, 0) is 24.8 Å². The Morgan fingerprint density at radius 2 is 1.94 bits per heavy atom. The molecular weight excluding hydrogens is 196 g/mol. The molecule has 1 unspecified atom stereocenters. The number of nitrogens with one attached hydrogen (secondary N) is 1. The van der Waals surface area contributed by atoms with Gasteiger partial charge in [0.1, 0.15) is 0 Å². The summed E-state index contributed by atoms with van der Waals surface area (Å²) in [5, 5.41) is 3.62. The summed E-state index contributed by atoms with van der Waals surface area (Å²) < 4.78 is 0. The average Bonchev–Trinajstić information content (AvgIpc) is 2.24. The van der Waals surface area contributed by atoms with E-state index in [1.807, 2.05) is 0 Å². The largest absolute Gasteiger partial charge is 0.311 e. The van der Waals surface area contributed by atoms with E-state index in [4.69, 9.17) is 0 Å². The molecule has 0 radical (unpaired) electrons. The van der Waals surface area contributed by atoms with Crippen LogP contribution in [0.1, 0.15) is 47.0 Å². The fourth-order valence-corrected chi connectivity index (χ4v) is 2.38. The Kier molecular flexibility index (Phi) is 6.37. The highest BCUT2D eigenvalue weighted by Crippen LogP contribution is 2.11. The van der Waals surface area contributed by atoms with Gasteiger partial charge in [0.05, 0.1) is 0 Å². The zero-order chi connectivity index (χ0) is 12.0. The van der Waals surface area contributed by atoms with Gasteiger partial charge in [-0.3, -0.25) is 0 Å². The van der Waals surface area contributed by atoms with Gasteiger partial charge in [0, 0.05) is 25.7 Å². The standard InChI is InChI=1S/C14H30N2/c1-12(2)7-5-6-9-16-10-8-15-14(11-16)13(3)4/h12-15H,5-11H2,1-4H3. The highest BCUT2D eigenvalue weighted by atomic mass is 15.2. The second kappa shape index (κ2) is 7.29. The summed E-state index contributed by atoms with van der Waals surface area (Å²) in [5.74, 6) is 1.63. The monoisotopic (exact) mass is 226 g/mol. The molecular formula is C14H30N2. The van der Waals surface area contributed by atoms with E-state index in [0.29, 0.717) is 6.04 Å². The van der Waals surface area contributed by atoms with Gasteiger partial charge in [-0.2, -0.15) is 0 Å². The lowest BCUT2D eigenvalue weighted by atomic mass is 10.0. The smallest absolute Gasteiger partial charge is 0.0218 e. The van der Waals surface area contributed by atoms with Crippen molar-refractivity contribution in [2.75, 3.05) is 26.2 Å². The van der Waals surface area contributed by atoms with Crippen LogP contribution in [0.2, 0.25) is 0 Å². The molecule has 96 valence electrons. The predicted molar refractivity (Wildman–Crippen MR) is 71.8 cm³/mol. The number of nitrogens with zero attached hydrogens (tertiary/aromatic N) is 1. The van der Waals surface area contributed by atoms with Gasteiger partial charge in [-0.1, -0.05) is 40.5 Å². The van der Waals surface area contributed by atoms with E-state index in [1.54, 1.807) is 0 Å². The number of hydrogen-bond donors (Lipinski definition) is 1. The lowest BCUT2D eigenvalue weighted by Gasteiger charge is -2.35. The molecule has 1 heterocycles. The molecule has 0 aromatic rings. The van der Waals surface area contributed by atoms with Gasteiger partial charge in [0.25, 0.3) is 0 Å². The summed E-state index contributed by atoms with van der Waals surface area (Å²) in [5.41, 5.74) is 0. The molecule has 1 aliphatic heterocycles. The predicted octanol–water partition coefficient (Wildman–Crippen LogP) is 2.74. The van der Waals surface area contributed by atoms with Crippen molar-refractivity contribution in [1.82, 2.24) is 10.2 Å². The maximum absolute atomic E-state index is 3.62. The van der Waals surface area contributed by atoms with Crippen LogP contribution >= 0.6 is 0 Å². The molecule has 1 atom stereocenters. The SMILES string of the molecule is CC(C)CCCCN1CCNC(C(C)C)C1. The molecule has 0 bridgehead atoms. The normalized spacial score (nSPS) is 23.2. The molecule has 2 heteroatoms. The first kappa shape index (κ1) is 14.0. The minimum Gasteiger partial charge on any atom is -0.311 e. The van der Waals surface area contributed by atoms with E-state index < -0.39 is 0 Å². The van der Waals surface area contributed by atoms with Crippen molar-refractivity contribution in [3.63, 3.8) is 0 Å². The Morgan fingerprint density at radius 3 is 2.56 bits per heavy atom. The fourth-order valence-electron chi connectivity index (χ4n) is 2.38. The van der Waals surface area contributed by atoms with E-state index in [1.165, 1.54) is 45.4 Å². The van der Waals surface area contributed by atoms with Crippen LogP contribution < -0.4 is 5.32 Å². The molecule has 1 aliphatic rings. The third-order valence-electron chi connectivity index (χ3n) is 3.60. The van der Waals surface area contributed by atoms with Crippen LogP contribution in [0.4, 0.5) is 0 Å². The van der Waals surface area contributed by atoms with Crippen molar-refractivity contribution in [1.29, 1.82) is 0 Å². The van der Waals surface area contributed by atoms with Gasteiger partial charge in [-0.25, -0.2) is 0 Å². The molecule has 0 saturated carbocycles. The fraction of sp³-hybridized carbons (Fsp3) is 1.00. The van der Waals surface area contributed by atoms with Crippen molar-refractivity contribution < 1.29 is 0 Å². The summed E-state index contributed by atoms with van der Waals surface area (Å²) in [6, 6.07) is 0.707. The Hall–Kier alpha value is -0.0800.